The fourth-order valence-corrected chi connectivity index (χ4v) is 2.93. The second-order valence-electron chi connectivity index (χ2n) is 5.97. The first kappa shape index (κ1) is 15.7. The molecule has 2 N–H and O–H groups in total. The number of nitrogens with one attached hydrogen (secondary N) is 2. The van der Waals surface area contributed by atoms with Gasteiger partial charge in [0.2, 0.25) is 5.91 Å². The van der Waals surface area contributed by atoms with E-state index in [9.17, 15) is 9.18 Å². The Labute approximate surface area is 134 Å². The number of piperidine rings is 1. The maximum absolute atomic E-state index is 13.1. The van der Waals surface area contributed by atoms with Gasteiger partial charge in [-0.2, -0.15) is 5.10 Å². The first-order valence-corrected chi connectivity index (χ1v) is 7.90. The monoisotopic (exact) mass is 316 g/mol. The molecule has 3 rings (SSSR count). The molecule has 1 aliphatic rings. The molecule has 1 aromatic carbocycles. The predicted molar refractivity (Wildman–Crippen MR) is 86.1 cm³/mol. The van der Waals surface area contributed by atoms with Crippen LogP contribution in [0.2, 0.25) is 0 Å². The van der Waals surface area contributed by atoms with E-state index < -0.39 is 0 Å². The van der Waals surface area contributed by atoms with Gasteiger partial charge in [0.05, 0.1) is 5.69 Å². The maximum Gasteiger partial charge on any atom is 0.220 e. The molecule has 1 fully saturated rings. The smallest absolute Gasteiger partial charge is 0.220 e. The molecule has 0 bridgehead atoms. The summed E-state index contributed by atoms with van der Waals surface area (Å²) in [5.74, 6) is -0.117. The van der Waals surface area contributed by atoms with Crippen molar-refractivity contribution in [3.8, 4) is 11.3 Å². The molecule has 2 heterocycles. The molecule has 1 amide bonds. The Morgan fingerprint density at radius 3 is 2.91 bits per heavy atom. The first-order chi connectivity index (χ1) is 11.1. The lowest BCUT2D eigenvalue weighted by molar-refractivity contribution is -0.123. The van der Waals surface area contributed by atoms with E-state index in [1.165, 1.54) is 12.1 Å². The number of amides is 1. The lowest BCUT2D eigenvalue weighted by Gasteiger charge is -2.23. The largest absolute Gasteiger partial charge is 0.352 e. The summed E-state index contributed by atoms with van der Waals surface area (Å²) in [5.41, 5.74) is 2.81. The Morgan fingerprint density at radius 1 is 1.39 bits per heavy atom. The van der Waals surface area contributed by atoms with Gasteiger partial charge in [0, 0.05) is 49.9 Å². The van der Waals surface area contributed by atoms with Crippen LogP contribution in [0.1, 0.15) is 24.8 Å². The van der Waals surface area contributed by atoms with Crippen LogP contribution in [0, 0.1) is 5.82 Å². The van der Waals surface area contributed by atoms with Crippen LogP contribution in [-0.2, 0) is 18.4 Å². The summed E-state index contributed by atoms with van der Waals surface area (Å²) in [7, 11) is 1.87. The molecule has 1 atom stereocenters. The number of carbonyl (C=O) groups excluding carboxylic acids is 1. The summed E-state index contributed by atoms with van der Waals surface area (Å²) in [4.78, 5) is 11.4. The van der Waals surface area contributed by atoms with E-state index in [0.717, 1.165) is 36.2 Å². The number of benzene rings is 1. The van der Waals surface area contributed by atoms with E-state index in [4.69, 9.17) is 0 Å². The van der Waals surface area contributed by atoms with E-state index in [1.54, 1.807) is 16.8 Å². The van der Waals surface area contributed by atoms with Gasteiger partial charge in [-0.05, 0) is 37.1 Å². The van der Waals surface area contributed by atoms with Crippen LogP contribution in [0.15, 0.2) is 30.5 Å². The van der Waals surface area contributed by atoms with Crippen LogP contribution in [0.5, 0.6) is 0 Å². The van der Waals surface area contributed by atoms with Crippen LogP contribution in [0.3, 0.4) is 0 Å². The lowest BCUT2D eigenvalue weighted by atomic mass is 10.0. The summed E-state index contributed by atoms with van der Waals surface area (Å²) >= 11 is 0. The highest BCUT2D eigenvalue weighted by Crippen LogP contribution is 2.22. The Hall–Kier alpha value is -2.21. The summed E-state index contributed by atoms with van der Waals surface area (Å²) in [6.07, 6.45) is 4.56. The van der Waals surface area contributed by atoms with Crippen molar-refractivity contribution in [1.82, 2.24) is 20.4 Å². The second-order valence-corrected chi connectivity index (χ2v) is 5.97. The van der Waals surface area contributed by atoms with Crippen LogP contribution >= 0.6 is 0 Å². The SMILES string of the molecule is Cn1cc(CNC[C@H]2CCCC(=O)N2)c(-c2ccc(F)cc2)n1. The van der Waals surface area contributed by atoms with Crippen molar-refractivity contribution in [3.63, 3.8) is 0 Å². The maximum atomic E-state index is 13.1. The van der Waals surface area contributed by atoms with E-state index >= 15 is 0 Å². The zero-order chi connectivity index (χ0) is 16.2. The molecule has 23 heavy (non-hydrogen) atoms. The minimum Gasteiger partial charge on any atom is -0.352 e. The number of halogens is 1. The van der Waals surface area contributed by atoms with Crippen LogP contribution in [-0.4, -0.2) is 28.3 Å². The van der Waals surface area contributed by atoms with Gasteiger partial charge in [0.15, 0.2) is 0 Å². The first-order valence-electron chi connectivity index (χ1n) is 7.90. The van der Waals surface area contributed by atoms with Crippen LogP contribution < -0.4 is 10.6 Å². The molecule has 1 aromatic heterocycles. The average Bonchev–Trinajstić information content (AvgIpc) is 2.89. The molecule has 0 spiro atoms. The van der Waals surface area contributed by atoms with Gasteiger partial charge in [-0.3, -0.25) is 9.48 Å². The Morgan fingerprint density at radius 2 is 2.17 bits per heavy atom. The number of aryl methyl sites for hydroxylation is 1. The number of rotatable bonds is 5. The van der Waals surface area contributed by atoms with Gasteiger partial charge < -0.3 is 10.6 Å². The topological polar surface area (TPSA) is 59.0 Å². The van der Waals surface area contributed by atoms with E-state index in [-0.39, 0.29) is 17.8 Å². The molecule has 0 saturated carbocycles. The lowest BCUT2D eigenvalue weighted by Crippen LogP contribution is -2.44. The molecule has 0 aliphatic carbocycles. The molecule has 1 aliphatic heterocycles. The summed E-state index contributed by atoms with van der Waals surface area (Å²) < 4.78 is 14.8. The van der Waals surface area contributed by atoms with Crippen LogP contribution in [0.25, 0.3) is 11.3 Å². The van der Waals surface area contributed by atoms with Crippen molar-refractivity contribution >= 4 is 5.91 Å². The Balaban J connectivity index is 1.64. The molecule has 1 saturated heterocycles. The number of aromatic nitrogens is 2. The van der Waals surface area contributed by atoms with Crippen molar-refractivity contribution in [3.05, 3.63) is 41.8 Å². The third kappa shape index (κ3) is 3.96. The minimum atomic E-state index is -0.252. The van der Waals surface area contributed by atoms with Gasteiger partial charge in [-0.1, -0.05) is 0 Å². The normalized spacial score (nSPS) is 18.0. The zero-order valence-electron chi connectivity index (χ0n) is 13.2. The van der Waals surface area contributed by atoms with Gasteiger partial charge in [-0.15, -0.1) is 0 Å². The van der Waals surface area contributed by atoms with Gasteiger partial charge in [0.1, 0.15) is 5.82 Å². The Kier molecular flexibility index (Phi) is 4.71. The quantitative estimate of drug-likeness (QED) is 0.887. The van der Waals surface area contributed by atoms with Gasteiger partial charge >= 0.3 is 0 Å². The standard InChI is InChI=1S/C17H21FN4O/c1-22-11-13(9-19-10-15-3-2-4-16(23)20-15)17(21-22)12-5-7-14(18)8-6-12/h5-8,11,15,19H,2-4,9-10H2,1H3,(H,20,23)/t15-/m1/s1. The minimum absolute atomic E-state index is 0.136. The van der Waals surface area contributed by atoms with Crippen molar-refractivity contribution < 1.29 is 9.18 Å². The number of carbonyl (C=O) groups is 1. The number of nitrogens with zero attached hydrogens (tertiary/aromatic N) is 2. The van der Waals surface area contributed by atoms with E-state index in [2.05, 4.69) is 15.7 Å². The predicted octanol–water partition coefficient (Wildman–Crippen LogP) is 1.98. The molecular formula is C17H21FN4O. The van der Waals surface area contributed by atoms with Crippen molar-refractivity contribution in [2.75, 3.05) is 6.54 Å². The van der Waals surface area contributed by atoms with Gasteiger partial charge in [0.25, 0.3) is 0 Å². The molecule has 2 aromatic rings. The fraction of sp³-hybridized carbons (Fsp3) is 0.412. The zero-order valence-corrected chi connectivity index (χ0v) is 13.2. The highest BCUT2D eigenvalue weighted by atomic mass is 19.1. The molecule has 122 valence electrons. The summed E-state index contributed by atoms with van der Waals surface area (Å²) in [5, 5.41) is 10.9. The number of hydrogen-bond donors (Lipinski definition) is 2. The second kappa shape index (κ2) is 6.91. The summed E-state index contributed by atoms with van der Waals surface area (Å²) in [6, 6.07) is 6.56. The van der Waals surface area contributed by atoms with E-state index in [0.29, 0.717) is 13.0 Å². The highest BCUT2D eigenvalue weighted by Gasteiger charge is 2.18. The van der Waals surface area contributed by atoms with Crippen molar-refractivity contribution in [1.29, 1.82) is 0 Å². The molecule has 6 heteroatoms. The van der Waals surface area contributed by atoms with Crippen LogP contribution in [0.4, 0.5) is 4.39 Å². The molecular weight excluding hydrogens is 295 g/mol. The van der Waals surface area contributed by atoms with Gasteiger partial charge in [-0.25, -0.2) is 4.39 Å². The highest BCUT2D eigenvalue weighted by molar-refractivity contribution is 5.76. The third-order valence-electron chi connectivity index (χ3n) is 4.05. The summed E-state index contributed by atoms with van der Waals surface area (Å²) in [6.45, 7) is 1.40. The van der Waals surface area contributed by atoms with Crippen molar-refractivity contribution in [2.45, 2.75) is 31.8 Å². The fourth-order valence-electron chi connectivity index (χ4n) is 2.93. The third-order valence-corrected chi connectivity index (χ3v) is 4.05. The Bertz CT molecular complexity index is 680. The number of hydrogen-bond acceptors (Lipinski definition) is 3. The van der Waals surface area contributed by atoms with Crippen molar-refractivity contribution in [2.24, 2.45) is 7.05 Å². The van der Waals surface area contributed by atoms with E-state index in [1.807, 2.05) is 13.2 Å². The molecule has 0 radical (unpaired) electrons. The molecule has 5 nitrogen and oxygen atoms in total. The average molecular weight is 316 g/mol. The molecule has 0 unspecified atom stereocenters.